The third-order valence-electron chi connectivity index (χ3n) is 10.0. The van der Waals surface area contributed by atoms with Crippen LogP contribution in [0.5, 0.6) is 0 Å². The van der Waals surface area contributed by atoms with Crippen LogP contribution >= 0.6 is 0 Å². The highest BCUT2D eigenvalue weighted by Gasteiger charge is 1.99. The van der Waals surface area contributed by atoms with Gasteiger partial charge in [-0.15, -0.1) is 0 Å². The maximum atomic E-state index is 5.69. The molecule has 11 heteroatoms. The first-order valence-electron chi connectivity index (χ1n) is 24.8. The average Bonchev–Trinajstić information content (AvgIpc) is 3.25. The number of rotatable bonds is 56. The fourth-order valence-corrected chi connectivity index (χ4v) is 6.39. The summed E-state index contributed by atoms with van der Waals surface area (Å²) in [5, 5.41) is 0. The number of ether oxygens (including phenoxy) is 11. The van der Waals surface area contributed by atoms with Crippen molar-refractivity contribution in [2.45, 2.75) is 168 Å². The van der Waals surface area contributed by atoms with E-state index in [4.69, 9.17) is 52.1 Å². The zero-order valence-corrected chi connectivity index (χ0v) is 39.0. The second-order valence-corrected chi connectivity index (χ2v) is 15.5. The highest BCUT2D eigenvalue weighted by Crippen LogP contribution is 2.13. The summed E-state index contributed by atoms with van der Waals surface area (Å²) < 4.78 is 61.3. The van der Waals surface area contributed by atoms with Gasteiger partial charge < -0.3 is 52.1 Å². The molecule has 0 unspecified atom stereocenters. The number of hydrogen-bond acceptors (Lipinski definition) is 11. The largest absolute Gasteiger partial charge is 0.379 e. The molecule has 11 nitrogen and oxygen atoms in total. The standard InChI is InChI=1S/C48H98O11/c1-3-5-7-9-11-13-15-16-18-20-22-24-26-28-50-30-32-52-34-36-54-38-40-56-42-44-58-46-48-59-47-45-57-43-41-55-39-37-53-35-33-51-31-29-49-27-25-23-21-19-17-14-12-10-8-6-4-2/h3-48H2,1-2H3. The van der Waals surface area contributed by atoms with Gasteiger partial charge in [0.15, 0.2) is 0 Å². The van der Waals surface area contributed by atoms with Crippen LogP contribution in [0.4, 0.5) is 0 Å². The molecule has 0 fully saturated rings. The molecule has 0 heterocycles. The van der Waals surface area contributed by atoms with Gasteiger partial charge in [-0.05, 0) is 12.8 Å². The van der Waals surface area contributed by atoms with Gasteiger partial charge in [0.1, 0.15) is 0 Å². The van der Waals surface area contributed by atoms with Crippen molar-refractivity contribution in [2.75, 3.05) is 145 Å². The van der Waals surface area contributed by atoms with Crippen molar-refractivity contribution in [1.82, 2.24) is 0 Å². The van der Waals surface area contributed by atoms with Crippen molar-refractivity contribution in [1.29, 1.82) is 0 Å². The lowest BCUT2D eigenvalue weighted by atomic mass is 10.0. The average molecular weight is 851 g/mol. The highest BCUT2D eigenvalue weighted by molar-refractivity contribution is 4.50. The molecule has 0 aromatic carbocycles. The summed E-state index contributed by atoms with van der Waals surface area (Å²) in [6, 6.07) is 0. The monoisotopic (exact) mass is 851 g/mol. The van der Waals surface area contributed by atoms with E-state index in [2.05, 4.69) is 13.8 Å². The van der Waals surface area contributed by atoms with E-state index in [-0.39, 0.29) is 0 Å². The fourth-order valence-electron chi connectivity index (χ4n) is 6.39. The van der Waals surface area contributed by atoms with Gasteiger partial charge in [-0.3, -0.25) is 0 Å². The zero-order valence-electron chi connectivity index (χ0n) is 39.0. The molecule has 0 atom stereocenters. The molecule has 0 aliphatic heterocycles. The molecule has 0 bridgehead atoms. The van der Waals surface area contributed by atoms with Crippen LogP contribution in [0, 0.1) is 0 Å². The van der Waals surface area contributed by atoms with Gasteiger partial charge in [0.25, 0.3) is 0 Å². The summed E-state index contributed by atoms with van der Waals surface area (Å²) >= 11 is 0. The van der Waals surface area contributed by atoms with E-state index in [0.717, 1.165) is 26.1 Å². The SMILES string of the molecule is CCCCCCCCCCCCCCCOCCOCCOCCOCCOCCOCCOCCOCCOCCOCCOCCCCCCCCCCCCC. The zero-order chi connectivity index (χ0) is 42.3. The summed E-state index contributed by atoms with van der Waals surface area (Å²) in [6.07, 6.45) is 32.7. The maximum Gasteiger partial charge on any atom is 0.0701 e. The Hall–Kier alpha value is -0.440. The van der Waals surface area contributed by atoms with Crippen LogP contribution in [-0.4, -0.2) is 145 Å². The lowest BCUT2D eigenvalue weighted by Gasteiger charge is -2.09. The Bertz CT molecular complexity index is 650. The summed E-state index contributed by atoms with van der Waals surface area (Å²) in [4.78, 5) is 0. The summed E-state index contributed by atoms with van der Waals surface area (Å²) in [5.74, 6) is 0. The minimum absolute atomic E-state index is 0.529. The maximum absolute atomic E-state index is 5.69. The quantitative estimate of drug-likeness (QED) is 0.0547. The molecule has 0 aromatic rings. The van der Waals surface area contributed by atoms with Gasteiger partial charge in [-0.1, -0.05) is 155 Å². The molecular weight excluding hydrogens is 753 g/mol. The molecule has 0 spiro atoms. The van der Waals surface area contributed by atoms with Crippen LogP contribution in [0.15, 0.2) is 0 Å². The minimum atomic E-state index is 0.529. The molecule has 0 amide bonds. The Morgan fingerprint density at radius 1 is 0.136 bits per heavy atom. The topological polar surface area (TPSA) is 102 Å². The van der Waals surface area contributed by atoms with E-state index in [1.165, 1.54) is 141 Å². The van der Waals surface area contributed by atoms with Crippen LogP contribution in [0.3, 0.4) is 0 Å². The van der Waals surface area contributed by atoms with Gasteiger partial charge in [0.2, 0.25) is 0 Å². The van der Waals surface area contributed by atoms with E-state index in [1.54, 1.807) is 0 Å². The van der Waals surface area contributed by atoms with Crippen LogP contribution < -0.4 is 0 Å². The molecule has 0 aromatic heterocycles. The van der Waals surface area contributed by atoms with Gasteiger partial charge >= 0.3 is 0 Å². The van der Waals surface area contributed by atoms with Crippen molar-refractivity contribution in [3.63, 3.8) is 0 Å². The molecular formula is C48H98O11. The molecule has 0 saturated heterocycles. The Balaban J connectivity index is 3.06. The van der Waals surface area contributed by atoms with E-state index >= 15 is 0 Å². The van der Waals surface area contributed by atoms with Gasteiger partial charge in [-0.25, -0.2) is 0 Å². The van der Waals surface area contributed by atoms with E-state index < -0.39 is 0 Å². The predicted octanol–water partition coefficient (Wildman–Crippen LogP) is 10.6. The third-order valence-corrected chi connectivity index (χ3v) is 10.0. The smallest absolute Gasteiger partial charge is 0.0701 e. The van der Waals surface area contributed by atoms with Crippen LogP contribution in [-0.2, 0) is 52.1 Å². The number of unbranched alkanes of at least 4 members (excludes halogenated alkanes) is 22. The first-order chi connectivity index (χ1) is 29.4. The molecule has 0 aliphatic rings. The number of hydrogen-bond donors (Lipinski definition) is 0. The lowest BCUT2D eigenvalue weighted by molar-refractivity contribution is -0.0275. The van der Waals surface area contributed by atoms with Crippen LogP contribution in [0.1, 0.15) is 168 Å². The second-order valence-electron chi connectivity index (χ2n) is 15.5. The van der Waals surface area contributed by atoms with Crippen molar-refractivity contribution < 1.29 is 52.1 Å². The van der Waals surface area contributed by atoms with Gasteiger partial charge in [0.05, 0.1) is 132 Å². The fraction of sp³-hybridized carbons (Fsp3) is 1.00. The molecule has 0 rings (SSSR count). The molecule has 0 aliphatic carbocycles. The molecule has 0 radical (unpaired) electrons. The first-order valence-corrected chi connectivity index (χ1v) is 24.8. The van der Waals surface area contributed by atoms with Crippen LogP contribution in [0.2, 0.25) is 0 Å². The van der Waals surface area contributed by atoms with E-state index in [0.29, 0.717) is 132 Å². The summed E-state index contributed by atoms with van der Waals surface area (Å²) in [5.41, 5.74) is 0. The van der Waals surface area contributed by atoms with Gasteiger partial charge in [0, 0.05) is 13.2 Å². The summed E-state index contributed by atoms with van der Waals surface area (Å²) in [6.45, 7) is 17.5. The van der Waals surface area contributed by atoms with Crippen LogP contribution in [0.25, 0.3) is 0 Å². The van der Waals surface area contributed by atoms with Crippen molar-refractivity contribution >= 4 is 0 Å². The van der Waals surface area contributed by atoms with Gasteiger partial charge in [-0.2, -0.15) is 0 Å². The Morgan fingerprint density at radius 2 is 0.254 bits per heavy atom. The Labute approximate surface area is 364 Å². The molecule has 59 heavy (non-hydrogen) atoms. The predicted molar refractivity (Wildman–Crippen MR) is 241 cm³/mol. The van der Waals surface area contributed by atoms with Crippen molar-refractivity contribution in [3.8, 4) is 0 Å². The first kappa shape index (κ1) is 58.6. The van der Waals surface area contributed by atoms with E-state index in [1.807, 2.05) is 0 Å². The Morgan fingerprint density at radius 3 is 0.407 bits per heavy atom. The Kier molecular flexibility index (Phi) is 57.1. The minimum Gasteiger partial charge on any atom is -0.379 e. The molecule has 0 N–H and O–H groups in total. The molecule has 356 valence electrons. The van der Waals surface area contributed by atoms with E-state index in [9.17, 15) is 0 Å². The highest BCUT2D eigenvalue weighted by atomic mass is 16.6. The van der Waals surface area contributed by atoms with Crippen molar-refractivity contribution in [2.24, 2.45) is 0 Å². The molecule has 0 saturated carbocycles. The third kappa shape index (κ3) is 57.6. The summed E-state index contributed by atoms with van der Waals surface area (Å²) in [7, 11) is 0. The normalized spacial score (nSPS) is 11.7. The van der Waals surface area contributed by atoms with Crippen molar-refractivity contribution in [3.05, 3.63) is 0 Å². The lowest BCUT2D eigenvalue weighted by Crippen LogP contribution is -2.15. The second kappa shape index (κ2) is 57.6.